The van der Waals surface area contributed by atoms with Crippen molar-refractivity contribution in [3.63, 3.8) is 0 Å². The zero-order chi connectivity index (χ0) is 44.8. The lowest BCUT2D eigenvalue weighted by atomic mass is 9.59. The second kappa shape index (κ2) is 17.7. The average molecular weight is 863 g/mol. The predicted octanol–water partition coefficient (Wildman–Crippen LogP) is 10.9. The third kappa shape index (κ3) is 9.94. The summed E-state index contributed by atoms with van der Waals surface area (Å²) in [5.41, 5.74) is 0.182. The molecule has 0 radical (unpaired) electrons. The van der Waals surface area contributed by atoms with Crippen molar-refractivity contribution in [2.75, 3.05) is 0 Å². The summed E-state index contributed by atoms with van der Waals surface area (Å²) in [6, 6.07) is 5.61. The van der Waals surface area contributed by atoms with E-state index in [2.05, 4.69) is 24.5 Å². The summed E-state index contributed by atoms with van der Waals surface area (Å²) in [5, 5.41) is 6.33. The van der Waals surface area contributed by atoms with Gasteiger partial charge in [-0.25, -0.2) is 18.4 Å². The normalized spacial score (nSPS) is 29.8. The smallest absolute Gasteiger partial charge is 0.407 e. The van der Waals surface area contributed by atoms with E-state index < -0.39 is 69.6 Å². The van der Waals surface area contributed by atoms with Crippen molar-refractivity contribution in [2.24, 2.45) is 23.7 Å². The van der Waals surface area contributed by atoms with Crippen LogP contribution in [0.4, 0.5) is 18.4 Å². The molecule has 4 bridgehead atoms. The van der Waals surface area contributed by atoms with E-state index in [1.807, 2.05) is 41.5 Å². The van der Waals surface area contributed by atoms with Crippen LogP contribution >= 0.6 is 0 Å². The lowest BCUT2D eigenvalue weighted by Crippen LogP contribution is -2.57. The van der Waals surface area contributed by atoms with Crippen molar-refractivity contribution in [1.82, 2.24) is 10.6 Å². The molecule has 0 heterocycles. The predicted molar refractivity (Wildman–Crippen MR) is 231 cm³/mol. The van der Waals surface area contributed by atoms with E-state index in [0.29, 0.717) is 49.7 Å². The van der Waals surface area contributed by atoms with Crippen LogP contribution in [0.15, 0.2) is 24.3 Å². The van der Waals surface area contributed by atoms with Crippen LogP contribution in [0.2, 0.25) is 0 Å². The molecule has 5 aliphatic rings. The van der Waals surface area contributed by atoms with Crippen LogP contribution in [0, 0.1) is 35.3 Å². The summed E-state index contributed by atoms with van der Waals surface area (Å²) in [5.74, 6) is -2.44. The molecule has 62 heavy (non-hydrogen) atoms. The number of halogens is 2. The molecular weight excluding hydrogens is 795 g/mol. The first-order valence-corrected chi connectivity index (χ1v) is 23.2. The van der Waals surface area contributed by atoms with E-state index >= 15 is 8.78 Å². The van der Waals surface area contributed by atoms with E-state index in [0.717, 1.165) is 75.3 Å². The van der Waals surface area contributed by atoms with Crippen LogP contribution in [0.1, 0.15) is 168 Å². The summed E-state index contributed by atoms with van der Waals surface area (Å²) < 4.78 is 55.2. The van der Waals surface area contributed by atoms with Gasteiger partial charge in [0.2, 0.25) is 0 Å². The molecule has 2 amide bonds. The maximum Gasteiger partial charge on any atom is 0.407 e. The van der Waals surface area contributed by atoms with Gasteiger partial charge in [0.1, 0.15) is 34.3 Å². The number of fused-ring (bicyclic) bond motifs is 8. The van der Waals surface area contributed by atoms with E-state index in [4.69, 9.17) is 18.9 Å². The molecule has 2 N–H and O–H groups in total. The number of carbonyl (C=O) groups is 4. The van der Waals surface area contributed by atoms with Crippen LogP contribution in [0.25, 0.3) is 0 Å². The largest absolute Gasteiger partial charge is 0.444 e. The Kier molecular flexibility index (Phi) is 13.1. The number of esters is 2. The van der Waals surface area contributed by atoms with Crippen molar-refractivity contribution in [3.8, 4) is 11.5 Å². The fraction of sp³-hybridized carbons (Fsp3) is 0.680. The van der Waals surface area contributed by atoms with Crippen LogP contribution in [0.5, 0.6) is 11.5 Å². The fourth-order valence-electron chi connectivity index (χ4n) is 11.6. The maximum absolute atomic E-state index is 16.0. The number of carbonyl (C=O) groups excluding carboxylic acids is 4. The van der Waals surface area contributed by atoms with E-state index in [1.165, 1.54) is 12.1 Å². The number of hydrogen-bond donors (Lipinski definition) is 2. The third-order valence-corrected chi connectivity index (χ3v) is 14.5. The highest BCUT2D eigenvalue weighted by Crippen LogP contribution is 2.50. The molecule has 0 aliphatic heterocycles. The molecule has 2 aromatic rings. The molecule has 6 atom stereocenters. The quantitative estimate of drug-likeness (QED) is 0.217. The minimum Gasteiger partial charge on any atom is -0.444 e. The number of rotatable bonds is 6. The van der Waals surface area contributed by atoms with Crippen LogP contribution in [0.3, 0.4) is 0 Å². The molecule has 3 fully saturated rings. The molecule has 2 aromatic carbocycles. The van der Waals surface area contributed by atoms with Crippen molar-refractivity contribution >= 4 is 24.1 Å². The molecule has 0 aromatic heterocycles. The first kappa shape index (κ1) is 45.8. The highest BCUT2D eigenvalue weighted by atomic mass is 19.1. The second-order valence-electron chi connectivity index (χ2n) is 21.5. The number of amides is 2. The molecule has 3 saturated carbocycles. The minimum atomic E-state index is -0.667. The van der Waals surface area contributed by atoms with Crippen molar-refractivity contribution < 1.29 is 46.9 Å². The molecule has 0 spiro atoms. The summed E-state index contributed by atoms with van der Waals surface area (Å²) in [6.45, 7) is 15.1. The van der Waals surface area contributed by atoms with Gasteiger partial charge in [0.05, 0.1) is 11.8 Å². The highest BCUT2D eigenvalue weighted by molar-refractivity contribution is 5.78. The minimum absolute atomic E-state index is 0.0361. The van der Waals surface area contributed by atoms with E-state index in [-0.39, 0.29) is 35.4 Å². The zero-order valence-electron chi connectivity index (χ0n) is 38.1. The topological polar surface area (TPSA) is 129 Å². The van der Waals surface area contributed by atoms with Gasteiger partial charge >= 0.3 is 24.1 Å². The molecular formula is C50H68F2N2O8. The third-order valence-electron chi connectivity index (χ3n) is 14.5. The number of benzene rings is 2. The van der Waals surface area contributed by atoms with Gasteiger partial charge in [0.25, 0.3) is 0 Å². The van der Waals surface area contributed by atoms with Gasteiger partial charge in [-0.1, -0.05) is 52.4 Å². The Balaban J connectivity index is 1.01. The highest BCUT2D eigenvalue weighted by Gasteiger charge is 2.50. The Bertz CT molecular complexity index is 1890. The second-order valence-corrected chi connectivity index (χ2v) is 21.5. The van der Waals surface area contributed by atoms with Crippen LogP contribution < -0.4 is 20.1 Å². The lowest BCUT2D eigenvalue weighted by molar-refractivity contribution is -0.145. The molecule has 0 saturated heterocycles. The molecule has 340 valence electrons. The van der Waals surface area contributed by atoms with Crippen molar-refractivity contribution in [1.29, 1.82) is 0 Å². The Hall–Kier alpha value is -4.22. The van der Waals surface area contributed by atoms with Gasteiger partial charge in [-0.2, -0.15) is 0 Å². The monoisotopic (exact) mass is 862 g/mol. The van der Waals surface area contributed by atoms with Gasteiger partial charge in [0, 0.05) is 35.0 Å². The van der Waals surface area contributed by atoms with E-state index in [9.17, 15) is 19.2 Å². The van der Waals surface area contributed by atoms with E-state index in [1.54, 1.807) is 12.1 Å². The van der Waals surface area contributed by atoms with Crippen molar-refractivity contribution in [3.05, 3.63) is 58.2 Å². The molecule has 0 unspecified atom stereocenters. The molecule has 12 heteroatoms. The lowest BCUT2D eigenvalue weighted by Gasteiger charge is -2.49. The molecule has 5 aliphatic carbocycles. The first-order chi connectivity index (χ1) is 29.1. The summed E-state index contributed by atoms with van der Waals surface area (Å²) >= 11 is 0. The van der Waals surface area contributed by atoms with Gasteiger partial charge in [0.15, 0.2) is 0 Å². The van der Waals surface area contributed by atoms with Crippen LogP contribution in [-0.2, 0) is 42.7 Å². The number of alkyl carbamates (subject to hydrolysis) is 2. The number of nitrogens with one attached hydrogen (secondary N) is 2. The molecule has 7 rings (SSSR count). The van der Waals surface area contributed by atoms with Gasteiger partial charge in [-0.05, 0) is 152 Å². The maximum atomic E-state index is 16.0. The van der Waals surface area contributed by atoms with Gasteiger partial charge in [-0.15, -0.1) is 0 Å². The van der Waals surface area contributed by atoms with Gasteiger partial charge < -0.3 is 29.6 Å². The van der Waals surface area contributed by atoms with Crippen LogP contribution in [-0.4, -0.2) is 47.4 Å². The zero-order valence-corrected chi connectivity index (χ0v) is 38.1. The summed E-state index contributed by atoms with van der Waals surface area (Å²) in [7, 11) is 0. The SMILES string of the molecule is CC(C)(C)OC(=O)N[C@H]1[C@H]2CCCCC[C@]1(C)c1cc(OC(=O)C3CCC(C(=O)Oc4cc(F)c5c(c4)[C@@]4(C)CCCCC[C@@H](C5)[C@@H]4NC(=O)OC(C)(C)C)CC3)cc(F)c1C2. The Morgan fingerprint density at radius 3 is 1.29 bits per heavy atom. The Morgan fingerprint density at radius 2 is 0.935 bits per heavy atom. The number of ether oxygens (including phenoxy) is 4. The first-order valence-electron chi connectivity index (χ1n) is 23.2. The molecule has 10 nitrogen and oxygen atoms in total. The fourth-order valence-corrected chi connectivity index (χ4v) is 11.6. The Labute approximate surface area is 366 Å². The van der Waals surface area contributed by atoms with Gasteiger partial charge in [-0.3, -0.25) is 9.59 Å². The summed E-state index contributed by atoms with van der Waals surface area (Å²) in [4.78, 5) is 53.5. The number of hydrogen-bond acceptors (Lipinski definition) is 8. The standard InChI is InChI=1S/C50H68F2N2O8/c1-47(2,3)61-45(57)53-41-31-15-11-9-13-21-49(41,7)37-25-33(27-39(51)35(37)23-31)59-43(55)29-17-19-30(20-18-29)44(56)60-34-26-38-36(40(52)28-34)24-32-16-12-10-14-22-50(38,8)42(32)54-46(58)62-48(4,5)6/h25-32,41-42H,9-24H2,1-8H3,(H,53,57)(H,54,58)/t29?,30?,31-,32-,41-,42-,49+,50+/m0/s1. The van der Waals surface area contributed by atoms with Crippen molar-refractivity contribution in [2.45, 2.75) is 192 Å². The summed E-state index contributed by atoms with van der Waals surface area (Å²) in [6.07, 6.45) is 10.6. The average Bonchev–Trinajstić information content (AvgIpc) is 3.16. The Morgan fingerprint density at radius 1 is 0.565 bits per heavy atom.